The Morgan fingerprint density at radius 3 is 3.24 bits per heavy atom. The molecule has 3 heterocycles. The maximum atomic E-state index is 12.1. The van der Waals surface area contributed by atoms with Gasteiger partial charge < -0.3 is 20.0 Å². The van der Waals surface area contributed by atoms with Crippen molar-refractivity contribution in [1.82, 2.24) is 14.9 Å². The molecule has 1 aliphatic rings. The SMILES string of the molecule is Nc1nc2c(o1)CN(C(=O)c1ccc[nH]1)CC2. The molecular weight excluding hydrogens is 220 g/mol. The van der Waals surface area contributed by atoms with Crippen molar-refractivity contribution in [2.24, 2.45) is 0 Å². The summed E-state index contributed by atoms with van der Waals surface area (Å²) in [5, 5.41) is 0. The van der Waals surface area contributed by atoms with E-state index in [4.69, 9.17) is 10.2 Å². The number of aromatic amines is 1. The van der Waals surface area contributed by atoms with Crippen LogP contribution >= 0.6 is 0 Å². The maximum absolute atomic E-state index is 12.1. The predicted octanol–water partition coefficient (Wildman–Crippen LogP) is 0.783. The average Bonchev–Trinajstić information content (AvgIpc) is 2.94. The molecule has 88 valence electrons. The van der Waals surface area contributed by atoms with E-state index < -0.39 is 0 Å². The zero-order valence-corrected chi connectivity index (χ0v) is 9.14. The first-order valence-electron chi connectivity index (χ1n) is 5.41. The number of nitrogens with two attached hydrogens (primary N) is 1. The van der Waals surface area contributed by atoms with Crippen LogP contribution in [0.4, 0.5) is 6.01 Å². The van der Waals surface area contributed by atoms with Gasteiger partial charge in [-0.3, -0.25) is 4.79 Å². The summed E-state index contributed by atoms with van der Waals surface area (Å²) in [7, 11) is 0. The zero-order chi connectivity index (χ0) is 11.8. The molecule has 0 bridgehead atoms. The molecule has 6 nitrogen and oxygen atoms in total. The summed E-state index contributed by atoms with van der Waals surface area (Å²) in [6, 6.07) is 3.73. The van der Waals surface area contributed by atoms with Gasteiger partial charge in [0.1, 0.15) is 11.5 Å². The Bertz CT molecular complexity index is 544. The van der Waals surface area contributed by atoms with Crippen molar-refractivity contribution in [1.29, 1.82) is 0 Å². The smallest absolute Gasteiger partial charge is 0.292 e. The molecule has 2 aromatic heterocycles. The molecule has 0 atom stereocenters. The molecule has 0 radical (unpaired) electrons. The number of amides is 1. The molecule has 6 heteroatoms. The summed E-state index contributed by atoms with van der Waals surface area (Å²) in [5.41, 5.74) is 6.93. The number of anilines is 1. The van der Waals surface area contributed by atoms with Crippen LogP contribution in [0, 0.1) is 0 Å². The number of nitrogen functional groups attached to an aromatic ring is 1. The Morgan fingerprint density at radius 2 is 2.47 bits per heavy atom. The van der Waals surface area contributed by atoms with Crippen LogP contribution in [0.15, 0.2) is 22.7 Å². The second-order valence-corrected chi connectivity index (χ2v) is 3.98. The number of hydrogen-bond acceptors (Lipinski definition) is 4. The number of nitrogens with zero attached hydrogens (tertiary/aromatic N) is 2. The van der Waals surface area contributed by atoms with E-state index in [-0.39, 0.29) is 11.9 Å². The minimum atomic E-state index is -0.0318. The first kappa shape index (κ1) is 9.95. The number of carbonyl (C=O) groups is 1. The van der Waals surface area contributed by atoms with Gasteiger partial charge in [-0.2, -0.15) is 4.98 Å². The number of hydrogen-bond donors (Lipinski definition) is 2. The van der Waals surface area contributed by atoms with Gasteiger partial charge in [0.05, 0.1) is 12.2 Å². The third-order valence-electron chi connectivity index (χ3n) is 2.86. The lowest BCUT2D eigenvalue weighted by atomic mass is 10.1. The lowest BCUT2D eigenvalue weighted by Crippen LogP contribution is -2.35. The number of nitrogens with one attached hydrogen (secondary N) is 1. The summed E-state index contributed by atoms with van der Waals surface area (Å²) in [4.78, 5) is 20.8. The number of rotatable bonds is 1. The minimum Gasteiger partial charge on any atom is -0.427 e. The third kappa shape index (κ3) is 1.67. The predicted molar refractivity (Wildman–Crippen MR) is 60.2 cm³/mol. The maximum Gasteiger partial charge on any atom is 0.292 e. The van der Waals surface area contributed by atoms with Crippen LogP contribution in [0.5, 0.6) is 0 Å². The average molecular weight is 232 g/mol. The molecule has 17 heavy (non-hydrogen) atoms. The van der Waals surface area contributed by atoms with Crippen molar-refractivity contribution in [3.63, 3.8) is 0 Å². The number of H-pyrrole nitrogens is 1. The Labute approximate surface area is 97.4 Å². The standard InChI is InChI=1S/C11H12N4O2/c12-11-14-7-3-5-15(6-9(7)17-11)10(16)8-2-1-4-13-8/h1-2,4,13H,3,5-6H2,(H2,12,14). The summed E-state index contributed by atoms with van der Waals surface area (Å²) >= 11 is 0. The first-order chi connectivity index (χ1) is 8.24. The highest BCUT2D eigenvalue weighted by Gasteiger charge is 2.25. The van der Waals surface area contributed by atoms with Gasteiger partial charge in [0.25, 0.3) is 11.9 Å². The second-order valence-electron chi connectivity index (χ2n) is 3.98. The molecule has 0 unspecified atom stereocenters. The molecule has 0 saturated carbocycles. The summed E-state index contributed by atoms with van der Waals surface area (Å²) in [6.45, 7) is 1.06. The van der Waals surface area contributed by atoms with Crippen molar-refractivity contribution in [2.45, 2.75) is 13.0 Å². The van der Waals surface area contributed by atoms with Crippen molar-refractivity contribution < 1.29 is 9.21 Å². The van der Waals surface area contributed by atoms with E-state index in [1.807, 2.05) is 0 Å². The molecule has 0 aromatic carbocycles. The highest BCUT2D eigenvalue weighted by Crippen LogP contribution is 2.21. The van der Waals surface area contributed by atoms with E-state index in [1.54, 1.807) is 23.2 Å². The van der Waals surface area contributed by atoms with Gasteiger partial charge in [-0.25, -0.2) is 0 Å². The van der Waals surface area contributed by atoms with E-state index in [0.29, 0.717) is 31.0 Å². The summed E-state index contributed by atoms with van der Waals surface area (Å²) in [6.07, 6.45) is 2.41. The van der Waals surface area contributed by atoms with Crippen LogP contribution < -0.4 is 5.73 Å². The van der Waals surface area contributed by atoms with Gasteiger partial charge in [-0.1, -0.05) is 0 Å². The van der Waals surface area contributed by atoms with Crippen LogP contribution in [0.2, 0.25) is 0 Å². The van der Waals surface area contributed by atoms with Gasteiger partial charge in [-0.05, 0) is 12.1 Å². The molecule has 0 aliphatic carbocycles. The van der Waals surface area contributed by atoms with Crippen molar-refractivity contribution in [3.05, 3.63) is 35.5 Å². The fraction of sp³-hybridized carbons (Fsp3) is 0.273. The van der Waals surface area contributed by atoms with E-state index in [1.165, 1.54) is 0 Å². The van der Waals surface area contributed by atoms with Crippen LogP contribution in [-0.2, 0) is 13.0 Å². The Morgan fingerprint density at radius 1 is 1.59 bits per heavy atom. The molecule has 3 rings (SSSR count). The van der Waals surface area contributed by atoms with Gasteiger partial charge >= 0.3 is 0 Å². The monoisotopic (exact) mass is 232 g/mol. The quantitative estimate of drug-likeness (QED) is 0.760. The first-order valence-corrected chi connectivity index (χ1v) is 5.41. The van der Waals surface area contributed by atoms with Crippen LogP contribution in [-0.4, -0.2) is 27.3 Å². The molecule has 0 fully saturated rings. The number of oxazole rings is 1. The number of aromatic nitrogens is 2. The van der Waals surface area contributed by atoms with E-state index in [0.717, 1.165) is 5.69 Å². The normalized spacial score (nSPS) is 14.7. The molecular formula is C11H12N4O2. The topological polar surface area (TPSA) is 88.2 Å². The lowest BCUT2D eigenvalue weighted by Gasteiger charge is -2.24. The minimum absolute atomic E-state index is 0.0318. The third-order valence-corrected chi connectivity index (χ3v) is 2.86. The number of fused-ring (bicyclic) bond motifs is 1. The van der Waals surface area contributed by atoms with Crippen molar-refractivity contribution in [2.75, 3.05) is 12.3 Å². The lowest BCUT2D eigenvalue weighted by molar-refractivity contribution is 0.0715. The largest absolute Gasteiger partial charge is 0.427 e. The van der Waals surface area contributed by atoms with Gasteiger partial charge in [-0.15, -0.1) is 0 Å². The summed E-state index contributed by atoms with van der Waals surface area (Å²) < 4.78 is 5.27. The van der Waals surface area contributed by atoms with Crippen LogP contribution in [0.1, 0.15) is 21.9 Å². The molecule has 1 amide bonds. The van der Waals surface area contributed by atoms with E-state index in [9.17, 15) is 4.79 Å². The number of carbonyl (C=O) groups excluding carboxylic acids is 1. The molecule has 0 spiro atoms. The van der Waals surface area contributed by atoms with Crippen LogP contribution in [0.3, 0.4) is 0 Å². The van der Waals surface area contributed by atoms with E-state index in [2.05, 4.69) is 9.97 Å². The van der Waals surface area contributed by atoms with Crippen molar-refractivity contribution >= 4 is 11.9 Å². The highest BCUT2D eigenvalue weighted by atomic mass is 16.4. The van der Waals surface area contributed by atoms with E-state index >= 15 is 0 Å². The molecule has 2 aromatic rings. The second kappa shape index (κ2) is 3.65. The van der Waals surface area contributed by atoms with Gasteiger partial charge in [0.2, 0.25) is 0 Å². The van der Waals surface area contributed by atoms with Crippen molar-refractivity contribution in [3.8, 4) is 0 Å². The van der Waals surface area contributed by atoms with Gasteiger partial charge in [0, 0.05) is 19.2 Å². The molecule has 3 N–H and O–H groups in total. The fourth-order valence-electron chi connectivity index (χ4n) is 2.02. The highest BCUT2D eigenvalue weighted by molar-refractivity contribution is 5.92. The van der Waals surface area contributed by atoms with Gasteiger partial charge in [0.15, 0.2) is 0 Å². The van der Waals surface area contributed by atoms with Crippen LogP contribution in [0.25, 0.3) is 0 Å². The molecule has 1 aliphatic heterocycles. The molecule has 0 saturated heterocycles. The Kier molecular flexibility index (Phi) is 2.14. The fourth-order valence-corrected chi connectivity index (χ4v) is 2.02. The Hall–Kier alpha value is -2.24. The Balaban J connectivity index is 1.82. The zero-order valence-electron chi connectivity index (χ0n) is 9.14. The summed E-state index contributed by atoms with van der Waals surface area (Å²) in [5.74, 6) is 0.657.